The third-order valence-corrected chi connectivity index (χ3v) is 6.69. The number of allylic oxidation sites excluding steroid dienone is 2. The van der Waals surface area contributed by atoms with Crippen LogP contribution in [0.2, 0.25) is 0 Å². The summed E-state index contributed by atoms with van der Waals surface area (Å²) in [5.74, 6) is 0.235. The summed E-state index contributed by atoms with van der Waals surface area (Å²) < 4.78 is 4.16. The average molecular weight is 491 g/mol. The first-order valence-electron chi connectivity index (χ1n) is 12.1. The lowest BCUT2D eigenvalue weighted by Gasteiger charge is -2.31. The van der Waals surface area contributed by atoms with Crippen molar-refractivity contribution in [3.8, 4) is 0 Å². The zero-order valence-electron chi connectivity index (χ0n) is 20.7. The normalized spacial score (nSPS) is 16.1. The molecular weight excluding hydrogens is 460 g/mol. The van der Waals surface area contributed by atoms with E-state index in [1.165, 1.54) is 10.9 Å². The number of aromatic amines is 1. The number of aryl methyl sites for hydroxylation is 1. The molecule has 1 saturated heterocycles. The number of piperidine rings is 1. The number of rotatable bonds is 6. The van der Waals surface area contributed by atoms with Gasteiger partial charge < -0.3 is 20.2 Å². The van der Waals surface area contributed by atoms with Gasteiger partial charge in [0.1, 0.15) is 0 Å². The fourth-order valence-corrected chi connectivity index (χ4v) is 4.80. The minimum absolute atomic E-state index is 0.0123. The predicted molar refractivity (Wildman–Crippen MR) is 139 cm³/mol. The molecule has 1 aliphatic rings. The summed E-state index contributed by atoms with van der Waals surface area (Å²) >= 11 is 0. The maximum atomic E-state index is 13.8. The minimum Gasteiger partial charge on any atom is -0.345 e. The van der Waals surface area contributed by atoms with Crippen LogP contribution in [0, 0.1) is 0 Å². The van der Waals surface area contributed by atoms with Crippen LogP contribution in [0.15, 0.2) is 45.8 Å². The van der Waals surface area contributed by atoms with E-state index in [0.29, 0.717) is 41.3 Å². The van der Waals surface area contributed by atoms with Gasteiger partial charge in [0.15, 0.2) is 16.9 Å². The van der Waals surface area contributed by atoms with Gasteiger partial charge in [0.2, 0.25) is 5.95 Å². The highest BCUT2D eigenvalue weighted by molar-refractivity contribution is 6.05. The lowest BCUT2D eigenvalue weighted by Crippen LogP contribution is -2.44. The van der Waals surface area contributed by atoms with E-state index < -0.39 is 17.8 Å². The number of para-hydroxylation sites is 1. The lowest BCUT2D eigenvalue weighted by molar-refractivity contribution is 0.0970. The number of nitrogens with two attached hydrogens (primary N) is 1. The first-order valence-corrected chi connectivity index (χ1v) is 12.1. The Morgan fingerprint density at radius 1 is 1.25 bits per heavy atom. The molecule has 3 aromatic heterocycles. The number of hydrogen-bond donors (Lipinski definition) is 2. The third kappa shape index (κ3) is 4.05. The van der Waals surface area contributed by atoms with E-state index in [2.05, 4.69) is 14.9 Å². The Balaban J connectivity index is 1.66. The molecular formula is C25H30N8O3. The van der Waals surface area contributed by atoms with Gasteiger partial charge in [-0.2, -0.15) is 4.98 Å². The molecule has 0 aliphatic carbocycles. The molecule has 0 saturated carbocycles. The number of ketones is 1. The Labute approximate surface area is 206 Å². The number of carbonyl (C=O) groups is 1. The highest BCUT2D eigenvalue weighted by Gasteiger charge is 2.26. The number of nitrogens with one attached hydrogen (secondary N) is 1. The molecule has 36 heavy (non-hydrogen) atoms. The molecule has 3 N–H and O–H groups in total. The van der Waals surface area contributed by atoms with Crippen molar-refractivity contribution in [2.75, 3.05) is 18.0 Å². The fourth-order valence-electron chi connectivity index (χ4n) is 4.80. The molecule has 0 radical (unpaired) electrons. The number of aromatic nitrogens is 6. The summed E-state index contributed by atoms with van der Waals surface area (Å²) in [5.41, 5.74) is 8.32. The third-order valence-electron chi connectivity index (χ3n) is 6.69. The monoisotopic (exact) mass is 490 g/mol. The predicted octanol–water partition coefficient (Wildman–Crippen LogP) is 1.55. The van der Waals surface area contributed by atoms with Crippen LogP contribution in [0.25, 0.3) is 22.2 Å². The molecule has 1 unspecified atom stereocenters. The smallest absolute Gasteiger partial charge is 0.332 e. The second kappa shape index (κ2) is 9.23. The van der Waals surface area contributed by atoms with Gasteiger partial charge in [0.25, 0.3) is 5.56 Å². The van der Waals surface area contributed by atoms with Crippen molar-refractivity contribution in [2.45, 2.75) is 45.8 Å². The molecule has 1 fully saturated rings. The molecule has 1 aliphatic heterocycles. The Bertz CT molecular complexity index is 1620. The van der Waals surface area contributed by atoms with Gasteiger partial charge in [-0.3, -0.25) is 18.7 Å². The number of Topliss-reactive ketones (excluding diaryl/α,β-unsaturated/α-hetero) is 1. The van der Waals surface area contributed by atoms with Crippen LogP contribution in [-0.2, 0) is 20.1 Å². The number of hydrogen-bond acceptors (Lipinski definition) is 7. The summed E-state index contributed by atoms with van der Waals surface area (Å²) in [5, 5.41) is 0. The summed E-state index contributed by atoms with van der Waals surface area (Å²) in [7, 11) is 1.57. The first-order chi connectivity index (χ1) is 17.3. The summed E-state index contributed by atoms with van der Waals surface area (Å²) in [4.78, 5) is 54.3. The maximum Gasteiger partial charge on any atom is 0.332 e. The molecule has 4 aromatic rings. The largest absolute Gasteiger partial charge is 0.345 e. The zero-order chi connectivity index (χ0) is 25.6. The van der Waals surface area contributed by atoms with Crippen LogP contribution in [-0.4, -0.2) is 53.6 Å². The van der Waals surface area contributed by atoms with Crippen LogP contribution in [0.1, 0.15) is 37.0 Å². The van der Waals surface area contributed by atoms with E-state index in [1.54, 1.807) is 19.2 Å². The topological polar surface area (TPSA) is 137 Å². The van der Waals surface area contributed by atoms with Gasteiger partial charge in [-0.15, -0.1) is 0 Å². The molecule has 4 heterocycles. The van der Waals surface area contributed by atoms with Crippen molar-refractivity contribution in [1.82, 2.24) is 28.7 Å². The van der Waals surface area contributed by atoms with Crippen LogP contribution >= 0.6 is 0 Å². The fraction of sp³-hybridized carbons (Fsp3) is 0.400. The summed E-state index contributed by atoms with van der Waals surface area (Å²) in [6.07, 6.45) is 5.37. The van der Waals surface area contributed by atoms with E-state index in [0.717, 1.165) is 29.5 Å². The minimum atomic E-state index is -0.594. The highest BCUT2D eigenvalue weighted by Crippen LogP contribution is 2.23. The lowest BCUT2D eigenvalue weighted by atomic mass is 10.1. The Morgan fingerprint density at radius 3 is 2.81 bits per heavy atom. The molecule has 0 amide bonds. The number of fused-ring (bicyclic) bond motifs is 2. The molecule has 0 spiro atoms. The van der Waals surface area contributed by atoms with E-state index in [4.69, 9.17) is 10.7 Å². The Hall–Kier alpha value is -3.99. The second-order valence-electron chi connectivity index (χ2n) is 9.58. The van der Waals surface area contributed by atoms with Crippen molar-refractivity contribution in [3.05, 3.63) is 62.6 Å². The quantitative estimate of drug-likeness (QED) is 0.309. The number of carbonyl (C=O) groups excluding carboxylic acids is 1. The second-order valence-corrected chi connectivity index (χ2v) is 9.58. The molecule has 0 bridgehead atoms. The van der Waals surface area contributed by atoms with Crippen LogP contribution in [0.5, 0.6) is 0 Å². The molecule has 1 atom stereocenters. The average Bonchev–Trinajstić information content (AvgIpc) is 3.49. The molecule has 188 valence electrons. The van der Waals surface area contributed by atoms with Gasteiger partial charge in [-0.25, -0.2) is 9.78 Å². The van der Waals surface area contributed by atoms with Crippen LogP contribution in [0.4, 0.5) is 5.95 Å². The first kappa shape index (κ1) is 23.7. The van der Waals surface area contributed by atoms with E-state index >= 15 is 0 Å². The van der Waals surface area contributed by atoms with Crippen molar-refractivity contribution in [1.29, 1.82) is 0 Å². The van der Waals surface area contributed by atoms with Crippen molar-refractivity contribution in [3.63, 3.8) is 0 Å². The van der Waals surface area contributed by atoms with E-state index in [9.17, 15) is 14.4 Å². The molecule has 1 aromatic carbocycles. The highest BCUT2D eigenvalue weighted by atomic mass is 16.2. The standard InChI is InChI=1S/C25H30N8O3/c1-15(2)9-11-32-21-22(29-24(32)31-10-5-6-16(26)12-31)30(3)25(36)33(23(21)35)13-19(34)17-7-4-8-18-20(17)28-14-27-18/h4,7-9,14,16H,5-6,10-13,26H2,1-3H3,(H,27,28). The number of anilines is 1. The molecule has 11 heteroatoms. The van der Waals surface area contributed by atoms with Gasteiger partial charge in [0, 0.05) is 38.3 Å². The van der Waals surface area contributed by atoms with Crippen molar-refractivity contribution in [2.24, 2.45) is 12.8 Å². The zero-order valence-corrected chi connectivity index (χ0v) is 20.7. The number of H-pyrrole nitrogens is 1. The Morgan fingerprint density at radius 2 is 2.06 bits per heavy atom. The number of nitrogens with zero attached hydrogens (tertiary/aromatic N) is 6. The summed E-state index contributed by atoms with van der Waals surface area (Å²) in [6, 6.07) is 5.21. The van der Waals surface area contributed by atoms with E-state index in [-0.39, 0.29) is 17.3 Å². The van der Waals surface area contributed by atoms with Crippen LogP contribution in [0.3, 0.4) is 0 Å². The van der Waals surface area contributed by atoms with Gasteiger partial charge in [-0.05, 0) is 38.8 Å². The van der Waals surface area contributed by atoms with Gasteiger partial charge in [-0.1, -0.05) is 17.7 Å². The Kier molecular flexibility index (Phi) is 6.09. The van der Waals surface area contributed by atoms with Crippen LogP contribution < -0.4 is 21.9 Å². The molecule has 11 nitrogen and oxygen atoms in total. The molecule has 5 rings (SSSR count). The maximum absolute atomic E-state index is 13.8. The van der Waals surface area contributed by atoms with Crippen molar-refractivity contribution >= 4 is 33.9 Å². The summed E-state index contributed by atoms with van der Waals surface area (Å²) in [6.45, 7) is 5.36. The van der Waals surface area contributed by atoms with E-state index in [1.807, 2.05) is 30.6 Å². The number of imidazole rings is 2. The number of benzene rings is 1. The van der Waals surface area contributed by atoms with Crippen molar-refractivity contribution < 1.29 is 4.79 Å². The van der Waals surface area contributed by atoms with Gasteiger partial charge >= 0.3 is 5.69 Å². The van der Waals surface area contributed by atoms with Gasteiger partial charge in [0.05, 0.1) is 23.9 Å². The SMILES string of the molecule is CC(C)=CCn1c(N2CCCC(N)C2)nc2c1c(=O)n(CC(=O)c1cccc3[nH]cnc13)c(=O)n2C.